The lowest BCUT2D eigenvalue weighted by Gasteiger charge is -2.10. The van der Waals surface area contributed by atoms with Gasteiger partial charge in [0.15, 0.2) is 11.5 Å². The van der Waals surface area contributed by atoms with Crippen molar-refractivity contribution in [1.29, 1.82) is 0 Å². The minimum Gasteiger partial charge on any atom is -0.493 e. The lowest BCUT2D eigenvalue weighted by molar-refractivity contribution is -0.121. The number of methoxy groups -OCH3 is 2. The number of hydrogen-bond acceptors (Lipinski definition) is 4. The van der Waals surface area contributed by atoms with Gasteiger partial charge in [-0.1, -0.05) is 6.07 Å². The molecular weight excluding hydrogens is 268 g/mol. The van der Waals surface area contributed by atoms with E-state index in [2.05, 4.69) is 5.32 Å². The maximum atomic E-state index is 11.6. The highest BCUT2D eigenvalue weighted by Gasteiger charge is 2.06. The summed E-state index contributed by atoms with van der Waals surface area (Å²) in [5, 5.41) is 2.92. The minimum absolute atomic E-state index is 0.0797. The normalized spacial score (nSPS) is 11.8. The van der Waals surface area contributed by atoms with Crippen LogP contribution in [0, 0.1) is 0 Å². The molecule has 0 heterocycles. The standard InChI is InChI=1S/C16H26N2O3/c1-12(17)5-4-6-16(19)18-10-9-13-7-8-14(20-2)15(11-13)21-3/h7-8,11-12H,4-6,9-10,17H2,1-3H3,(H,18,19). The molecule has 1 unspecified atom stereocenters. The van der Waals surface area contributed by atoms with Gasteiger partial charge in [-0.3, -0.25) is 4.79 Å². The second-order valence-corrected chi connectivity index (χ2v) is 5.16. The predicted octanol–water partition coefficient (Wildman–Crippen LogP) is 1.88. The Labute approximate surface area is 126 Å². The van der Waals surface area contributed by atoms with Crippen LogP contribution in [0.1, 0.15) is 31.7 Å². The van der Waals surface area contributed by atoms with Crippen LogP contribution in [0.15, 0.2) is 18.2 Å². The van der Waals surface area contributed by atoms with Gasteiger partial charge in [-0.2, -0.15) is 0 Å². The van der Waals surface area contributed by atoms with Crippen LogP contribution in [0.3, 0.4) is 0 Å². The van der Waals surface area contributed by atoms with Crippen molar-refractivity contribution in [1.82, 2.24) is 5.32 Å². The first-order valence-corrected chi connectivity index (χ1v) is 7.30. The molecule has 118 valence electrons. The van der Waals surface area contributed by atoms with Crippen LogP contribution < -0.4 is 20.5 Å². The summed E-state index contributed by atoms with van der Waals surface area (Å²) < 4.78 is 10.4. The van der Waals surface area contributed by atoms with E-state index in [-0.39, 0.29) is 11.9 Å². The molecule has 0 bridgehead atoms. The molecule has 0 aliphatic carbocycles. The molecule has 0 spiro atoms. The van der Waals surface area contributed by atoms with Gasteiger partial charge in [0.2, 0.25) is 5.91 Å². The zero-order chi connectivity index (χ0) is 15.7. The Morgan fingerprint density at radius 2 is 2.00 bits per heavy atom. The van der Waals surface area contributed by atoms with Crippen molar-refractivity contribution in [3.05, 3.63) is 23.8 Å². The molecule has 3 N–H and O–H groups in total. The maximum Gasteiger partial charge on any atom is 0.220 e. The zero-order valence-electron chi connectivity index (χ0n) is 13.1. The lowest BCUT2D eigenvalue weighted by atomic mass is 10.1. The first-order valence-electron chi connectivity index (χ1n) is 7.30. The second-order valence-electron chi connectivity index (χ2n) is 5.16. The molecule has 1 aromatic carbocycles. The molecule has 5 heteroatoms. The van der Waals surface area contributed by atoms with E-state index >= 15 is 0 Å². The first-order chi connectivity index (χ1) is 10.1. The van der Waals surface area contributed by atoms with E-state index in [9.17, 15) is 4.79 Å². The van der Waals surface area contributed by atoms with Gasteiger partial charge in [0.1, 0.15) is 0 Å². The fourth-order valence-electron chi connectivity index (χ4n) is 2.06. The smallest absolute Gasteiger partial charge is 0.220 e. The fourth-order valence-corrected chi connectivity index (χ4v) is 2.06. The van der Waals surface area contributed by atoms with Crippen LogP contribution in [-0.4, -0.2) is 32.7 Å². The van der Waals surface area contributed by atoms with Crippen molar-refractivity contribution in [2.45, 2.75) is 38.6 Å². The third-order valence-corrected chi connectivity index (χ3v) is 3.25. The number of ether oxygens (including phenoxy) is 2. The highest BCUT2D eigenvalue weighted by atomic mass is 16.5. The van der Waals surface area contributed by atoms with Gasteiger partial charge in [-0.05, 0) is 43.9 Å². The molecule has 5 nitrogen and oxygen atoms in total. The summed E-state index contributed by atoms with van der Waals surface area (Å²) in [6, 6.07) is 5.94. The molecular formula is C16H26N2O3. The molecule has 0 saturated heterocycles. The number of nitrogens with two attached hydrogens (primary N) is 1. The lowest BCUT2D eigenvalue weighted by Crippen LogP contribution is -2.26. The molecule has 0 aromatic heterocycles. The van der Waals surface area contributed by atoms with Gasteiger partial charge >= 0.3 is 0 Å². The summed E-state index contributed by atoms with van der Waals surface area (Å²) in [4.78, 5) is 11.6. The Kier molecular flexibility index (Phi) is 7.61. The maximum absolute atomic E-state index is 11.6. The Morgan fingerprint density at radius 3 is 2.62 bits per heavy atom. The number of carbonyl (C=O) groups is 1. The third-order valence-electron chi connectivity index (χ3n) is 3.25. The van der Waals surface area contributed by atoms with Crippen molar-refractivity contribution in [2.75, 3.05) is 20.8 Å². The summed E-state index contributed by atoms with van der Waals surface area (Å²) in [5.74, 6) is 1.50. The first kappa shape index (κ1) is 17.3. The molecule has 0 aliphatic heterocycles. The van der Waals surface area contributed by atoms with E-state index in [0.29, 0.717) is 24.5 Å². The van der Waals surface area contributed by atoms with Crippen LogP contribution in [0.5, 0.6) is 11.5 Å². The number of amides is 1. The van der Waals surface area contributed by atoms with Crippen molar-refractivity contribution in [2.24, 2.45) is 5.73 Å². The minimum atomic E-state index is 0.0797. The number of benzene rings is 1. The van der Waals surface area contributed by atoms with Crippen LogP contribution in [0.2, 0.25) is 0 Å². The quantitative estimate of drug-likeness (QED) is 0.729. The molecule has 0 aliphatic rings. The topological polar surface area (TPSA) is 73.6 Å². The van der Waals surface area contributed by atoms with Crippen molar-refractivity contribution >= 4 is 5.91 Å². The molecule has 1 rings (SSSR count). The van der Waals surface area contributed by atoms with Gasteiger partial charge < -0.3 is 20.5 Å². The van der Waals surface area contributed by atoms with E-state index in [0.717, 1.165) is 24.8 Å². The van der Waals surface area contributed by atoms with Crippen molar-refractivity contribution in [3.63, 3.8) is 0 Å². The molecule has 0 fully saturated rings. The summed E-state index contributed by atoms with van der Waals surface area (Å²) in [5.41, 5.74) is 6.75. The molecule has 21 heavy (non-hydrogen) atoms. The molecule has 0 radical (unpaired) electrons. The van der Waals surface area contributed by atoms with E-state index in [4.69, 9.17) is 15.2 Å². The van der Waals surface area contributed by atoms with Gasteiger partial charge in [0.25, 0.3) is 0 Å². The van der Waals surface area contributed by atoms with E-state index in [1.807, 2.05) is 25.1 Å². The molecule has 1 aromatic rings. The van der Waals surface area contributed by atoms with E-state index < -0.39 is 0 Å². The second kappa shape index (κ2) is 9.23. The summed E-state index contributed by atoms with van der Waals surface area (Å²) >= 11 is 0. The molecule has 0 saturated carbocycles. The molecule has 1 atom stereocenters. The zero-order valence-corrected chi connectivity index (χ0v) is 13.1. The Morgan fingerprint density at radius 1 is 1.29 bits per heavy atom. The number of rotatable bonds is 9. The van der Waals surface area contributed by atoms with Crippen molar-refractivity contribution < 1.29 is 14.3 Å². The largest absolute Gasteiger partial charge is 0.493 e. The highest BCUT2D eigenvalue weighted by molar-refractivity contribution is 5.75. The summed E-state index contributed by atoms with van der Waals surface area (Å²) in [6.07, 6.45) is 3.01. The average molecular weight is 294 g/mol. The number of hydrogen-bond donors (Lipinski definition) is 2. The predicted molar refractivity (Wildman–Crippen MR) is 83.8 cm³/mol. The number of carbonyl (C=O) groups excluding carboxylic acids is 1. The fraction of sp³-hybridized carbons (Fsp3) is 0.562. The highest BCUT2D eigenvalue weighted by Crippen LogP contribution is 2.27. The summed E-state index contributed by atoms with van der Waals surface area (Å²) in [7, 11) is 3.22. The van der Waals surface area contributed by atoms with Gasteiger partial charge in [0.05, 0.1) is 14.2 Å². The van der Waals surface area contributed by atoms with E-state index in [1.165, 1.54) is 0 Å². The SMILES string of the molecule is COc1ccc(CCNC(=O)CCCC(C)N)cc1OC. The Hall–Kier alpha value is -1.75. The van der Waals surface area contributed by atoms with Crippen molar-refractivity contribution in [3.8, 4) is 11.5 Å². The summed E-state index contributed by atoms with van der Waals surface area (Å²) in [6.45, 7) is 2.57. The molecule has 1 amide bonds. The van der Waals surface area contributed by atoms with Crippen LogP contribution in [-0.2, 0) is 11.2 Å². The Bertz CT molecular complexity index is 447. The van der Waals surface area contributed by atoms with Crippen LogP contribution >= 0.6 is 0 Å². The van der Waals surface area contributed by atoms with Gasteiger partial charge in [-0.15, -0.1) is 0 Å². The van der Waals surface area contributed by atoms with Crippen LogP contribution in [0.25, 0.3) is 0 Å². The van der Waals surface area contributed by atoms with E-state index in [1.54, 1.807) is 14.2 Å². The average Bonchev–Trinajstić information content (AvgIpc) is 2.46. The van der Waals surface area contributed by atoms with Gasteiger partial charge in [-0.25, -0.2) is 0 Å². The third kappa shape index (κ3) is 6.49. The van der Waals surface area contributed by atoms with Gasteiger partial charge in [0, 0.05) is 19.0 Å². The Balaban J connectivity index is 2.33. The monoisotopic (exact) mass is 294 g/mol. The number of nitrogens with one attached hydrogen (secondary N) is 1. The van der Waals surface area contributed by atoms with Crippen LogP contribution in [0.4, 0.5) is 0 Å².